The molecule has 0 saturated carbocycles. The lowest BCUT2D eigenvalue weighted by atomic mass is 10.0. The van der Waals surface area contributed by atoms with Crippen LogP contribution < -0.4 is 11.3 Å². The largest absolute Gasteiger partial charge is 0.416 e. The molecule has 21 heavy (non-hydrogen) atoms. The Balaban J connectivity index is 2.02. The minimum atomic E-state index is -4.31. The number of hydrazine groups is 1. The third kappa shape index (κ3) is 4.54. The van der Waals surface area contributed by atoms with Gasteiger partial charge in [-0.1, -0.05) is 18.2 Å². The van der Waals surface area contributed by atoms with Crippen LogP contribution in [0.4, 0.5) is 13.2 Å². The molecule has 1 unspecified atom stereocenters. The highest BCUT2D eigenvalue weighted by molar-refractivity contribution is 5.25. The summed E-state index contributed by atoms with van der Waals surface area (Å²) in [6.07, 6.45) is -1.47. The molecule has 6 heteroatoms. The first-order valence-corrected chi connectivity index (χ1v) is 6.51. The minimum Gasteiger partial charge on any atom is -0.271 e. The summed E-state index contributed by atoms with van der Waals surface area (Å²) < 4.78 is 37.5. The van der Waals surface area contributed by atoms with Crippen molar-refractivity contribution in [3.63, 3.8) is 0 Å². The number of rotatable bonds is 5. The second kappa shape index (κ2) is 6.69. The first-order valence-electron chi connectivity index (χ1n) is 6.51. The highest BCUT2D eigenvalue weighted by atomic mass is 19.4. The Morgan fingerprint density at radius 3 is 2.29 bits per heavy atom. The third-order valence-corrected chi connectivity index (χ3v) is 3.18. The van der Waals surface area contributed by atoms with Crippen LogP contribution in [0.2, 0.25) is 0 Å². The van der Waals surface area contributed by atoms with E-state index in [2.05, 4.69) is 10.4 Å². The molecule has 1 heterocycles. The van der Waals surface area contributed by atoms with E-state index >= 15 is 0 Å². The molecule has 0 aliphatic carbocycles. The van der Waals surface area contributed by atoms with Crippen LogP contribution in [0.25, 0.3) is 0 Å². The molecule has 0 amide bonds. The molecule has 2 aromatic rings. The highest BCUT2D eigenvalue weighted by Crippen LogP contribution is 2.29. The predicted molar refractivity (Wildman–Crippen MR) is 74.2 cm³/mol. The van der Waals surface area contributed by atoms with Crippen molar-refractivity contribution in [2.24, 2.45) is 5.84 Å². The van der Waals surface area contributed by atoms with E-state index in [0.717, 1.165) is 23.4 Å². The first-order chi connectivity index (χ1) is 9.99. The number of halogens is 3. The number of pyridine rings is 1. The van der Waals surface area contributed by atoms with Gasteiger partial charge in [0, 0.05) is 24.4 Å². The maximum Gasteiger partial charge on any atom is 0.416 e. The number of alkyl halides is 3. The van der Waals surface area contributed by atoms with E-state index in [9.17, 15) is 13.2 Å². The van der Waals surface area contributed by atoms with Gasteiger partial charge in [-0.2, -0.15) is 13.2 Å². The van der Waals surface area contributed by atoms with Crippen molar-refractivity contribution in [2.45, 2.75) is 25.1 Å². The van der Waals surface area contributed by atoms with Gasteiger partial charge in [0.05, 0.1) is 5.56 Å². The van der Waals surface area contributed by atoms with Crippen LogP contribution in [-0.2, 0) is 19.0 Å². The van der Waals surface area contributed by atoms with E-state index in [0.29, 0.717) is 12.8 Å². The van der Waals surface area contributed by atoms with Crippen LogP contribution in [0, 0.1) is 0 Å². The second-order valence-electron chi connectivity index (χ2n) is 4.79. The van der Waals surface area contributed by atoms with E-state index < -0.39 is 11.7 Å². The van der Waals surface area contributed by atoms with Crippen molar-refractivity contribution in [1.29, 1.82) is 0 Å². The van der Waals surface area contributed by atoms with Gasteiger partial charge in [-0.15, -0.1) is 0 Å². The fourth-order valence-electron chi connectivity index (χ4n) is 2.08. The van der Waals surface area contributed by atoms with Gasteiger partial charge in [-0.25, -0.2) is 0 Å². The molecule has 2 rings (SSSR count). The van der Waals surface area contributed by atoms with E-state index in [1.165, 1.54) is 12.1 Å². The summed E-state index contributed by atoms with van der Waals surface area (Å²) in [5, 5.41) is 0. The lowest BCUT2D eigenvalue weighted by Crippen LogP contribution is -2.38. The smallest absolute Gasteiger partial charge is 0.271 e. The molecule has 0 fully saturated rings. The molecule has 1 atom stereocenters. The fourth-order valence-corrected chi connectivity index (χ4v) is 2.08. The second-order valence-corrected chi connectivity index (χ2v) is 4.79. The molecule has 1 aromatic heterocycles. The average molecular weight is 295 g/mol. The number of nitrogens with zero attached hydrogens (tertiary/aromatic N) is 1. The Hall–Kier alpha value is -1.92. The quantitative estimate of drug-likeness (QED) is 0.659. The van der Waals surface area contributed by atoms with Crippen LogP contribution in [-0.4, -0.2) is 11.0 Å². The van der Waals surface area contributed by atoms with Crippen molar-refractivity contribution >= 4 is 0 Å². The normalized spacial score (nSPS) is 13.1. The molecular formula is C15H16F3N3. The summed E-state index contributed by atoms with van der Waals surface area (Å²) in [4.78, 5) is 4.21. The number of nitrogens with two attached hydrogens (primary N) is 1. The molecule has 0 aliphatic heterocycles. The summed E-state index contributed by atoms with van der Waals surface area (Å²) in [7, 11) is 0. The third-order valence-electron chi connectivity index (χ3n) is 3.18. The summed E-state index contributed by atoms with van der Waals surface area (Å²) in [5.41, 5.74) is 3.71. The Kier molecular flexibility index (Phi) is 4.93. The van der Waals surface area contributed by atoms with E-state index in [1.807, 2.05) is 18.2 Å². The minimum absolute atomic E-state index is 0.0864. The van der Waals surface area contributed by atoms with Crippen molar-refractivity contribution in [3.8, 4) is 0 Å². The number of hydrogen-bond acceptors (Lipinski definition) is 3. The lowest BCUT2D eigenvalue weighted by Gasteiger charge is -2.16. The SMILES string of the molecule is NNC(Cc1ccc(C(F)(F)F)cc1)Cc1ccccn1. The van der Waals surface area contributed by atoms with E-state index in [-0.39, 0.29) is 6.04 Å². The molecule has 3 nitrogen and oxygen atoms in total. The molecular weight excluding hydrogens is 279 g/mol. The number of hydrogen-bond donors (Lipinski definition) is 2. The molecule has 0 saturated heterocycles. The maximum atomic E-state index is 12.5. The molecule has 0 radical (unpaired) electrons. The molecule has 0 spiro atoms. The topological polar surface area (TPSA) is 50.9 Å². The zero-order valence-electron chi connectivity index (χ0n) is 11.3. The fraction of sp³-hybridized carbons (Fsp3) is 0.267. The molecule has 112 valence electrons. The number of benzene rings is 1. The summed E-state index contributed by atoms with van der Waals surface area (Å²) >= 11 is 0. The standard InChI is InChI=1S/C15H16F3N3/c16-15(17,18)12-6-4-11(5-7-12)9-14(21-19)10-13-3-1-2-8-20-13/h1-8,14,21H,9-10,19H2. The van der Waals surface area contributed by atoms with Crippen LogP contribution >= 0.6 is 0 Å². The molecule has 1 aromatic carbocycles. The summed E-state index contributed by atoms with van der Waals surface area (Å²) in [6, 6.07) is 10.6. The maximum absolute atomic E-state index is 12.5. The van der Waals surface area contributed by atoms with Gasteiger partial charge in [0.15, 0.2) is 0 Å². The Bertz CT molecular complexity index is 553. The van der Waals surface area contributed by atoms with Gasteiger partial charge >= 0.3 is 6.18 Å². The molecule has 3 N–H and O–H groups in total. The number of nitrogens with one attached hydrogen (secondary N) is 1. The zero-order chi connectivity index (χ0) is 15.3. The lowest BCUT2D eigenvalue weighted by molar-refractivity contribution is -0.137. The van der Waals surface area contributed by atoms with Crippen molar-refractivity contribution in [1.82, 2.24) is 10.4 Å². The van der Waals surface area contributed by atoms with Gasteiger partial charge in [-0.3, -0.25) is 16.3 Å². The van der Waals surface area contributed by atoms with Gasteiger partial charge in [0.1, 0.15) is 0 Å². The van der Waals surface area contributed by atoms with Gasteiger partial charge in [0.25, 0.3) is 0 Å². The predicted octanol–water partition coefficient (Wildman–Crippen LogP) is 2.72. The van der Waals surface area contributed by atoms with Crippen molar-refractivity contribution in [3.05, 3.63) is 65.5 Å². The first kappa shape index (κ1) is 15.5. The molecule has 0 aliphatic rings. The van der Waals surface area contributed by atoms with Crippen LogP contribution in [0.5, 0.6) is 0 Å². The highest BCUT2D eigenvalue weighted by Gasteiger charge is 2.29. The van der Waals surface area contributed by atoms with Gasteiger partial charge in [-0.05, 0) is 36.2 Å². The Labute approximate surface area is 121 Å². The van der Waals surface area contributed by atoms with Crippen molar-refractivity contribution in [2.75, 3.05) is 0 Å². The van der Waals surface area contributed by atoms with Crippen LogP contribution in [0.15, 0.2) is 48.7 Å². The Morgan fingerprint density at radius 1 is 1.05 bits per heavy atom. The Morgan fingerprint density at radius 2 is 1.76 bits per heavy atom. The van der Waals surface area contributed by atoms with Gasteiger partial charge in [0.2, 0.25) is 0 Å². The summed E-state index contributed by atoms with van der Waals surface area (Å²) in [5.74, 6) is 5.51. The zero-order valence-corrected chi connectivity index (χ0v) is 11.3. The van der Waals surface area contributed by atoms with E-state index in [1.54, 1.807) is 6.20 Å². The van der Waals surface area contributed by atoms with Crippen molar-refractivity contribution < 1.29 is 13.2 Å². The van der Waals surface area contributed by atoms with Crippen LogP contribution in [0.3, 0.4) is 0 Å². The monoisotopic (exact) mass is 295 g/mol. The number of aromatic nitrogens is 1. The average Bonchev–Trinajstić information content (AvgIpc) is 2.47. The summed E-state index contributed by atoms with van der Waals surface area (Å²) in [6.45, 7) is 0. The molecule has 0 bridgehead atoms. The van der Waals surface area contributed by atoms with Gasteiger partial charge < -0.3 is 0 Å². The van der Waals surface area contributed by atoms with E-state index in [4.69, 9.17) is 5.84 Å². The van der Waals surface area contributed by atoms with Crippen LogP contribution in [0.1, 0.15) is 16.8 Å².